The Kier molecular flexibility index (Phi) is 2.25. The van der Waals surface area contributed by atoms with Gasteiger partial charge in [-0.15, -0.1) is 0 Å². The zero-order valence-electron chi connectivity index (χ0n) is 7.84. The number of fused-ring (bicyclic) bond motifs is 1. The molecule has 3 N–H and O–H groups in total. The number of aromatic nitrogens is 1. The zero-order chi connectivity index (χ0) is 11.7. The molecule has 8 nitrogen and oxygen atoms in total. The number of carbonyl (C=O) groups excluding carboxylic acids is 1. The lowest BCUT2D eigenvalue weighted by Crippen LogP contribution is -2.30. The molecule has 0 fully saturated rings. The van der Waals surface area contributed by atoms with E-state index in [4.69, 9.17) is 10.3 Å². The van der Waals surface area contributed by atoms with Crippen LogP contribution in [0.15, 0.2) is 22.6 Å². The number of nitro groups is 1. The standard InChI is InChI=1S/C8H6N4O4/c9-11-7(13)8-10-5-3-4(12(14)15)1-2-6(5)16-8/h1-3H,9H2,(H,11,13). The number of nitrogens with two attached hydrogens (primary N) is 1. The highest BCUT2D eigenvalue weighted by Crippen LogP contribution is 2.21. The topological polar surface area (TPSA) is 124 Å². The van der Waals surface area contributed by atoms with Gasteiger partial charge in [-0.3, -0.25) is 20.3 Å². The van der Waals surface area contributed by atoms with Gasteiger partial charge in [-0.1, -0.05) is 0 Å². The van der Waals surface area contributed by atoms with Crippen LogP contribution in [-0.4, -0.2) is 15.8 Å². The van der Waals surface area contributed by atoms with E-state index in [9.17, 15) is 14.9 Å². The fourth-order valence-electron chi connectivity index (χ4n) is 1.19. The molecule has 0 bridgehead atoms. The number of hydrazine groups is 1. The maximum Gasteiger partial charge on any atom is 0.321 e. The molecule has 0 aliphatic heterocycles. The summed E-state index contributed by atoms with van der Waals surface area (Å²) in [6.07, 6.45) is 0. The number of amides is 1. The van der Waals surface area contributed by atoms with E-state index in [0.717, 1.165) is 0 Å². The van der Waals surface area contributed by atoms with Crippen molar-refractivity contribution in [3.8, 4) is 0 Å². The average Bonchev–Trinajstić information content (AvgIpc) is 2.70. The summed E-state index contributed by atoms with van der Waals surface area (Å²) in [6, 6.07) is 3.84. The lowest BCUT2D eigenvalue weighted by atomic mass is 10.3. The minimum atomic E-state index is -0.696. The molecule has 1 amide bonds. The second kappa shape index (κ2) is 3.59. The van der Waals surface area contributed by atoms with Crippen molar-refractivity contribution < 1.29 is 14.1 Å². The summed E-state index contributed by atoms with van der Waals surface area (Å²) >= 11 is 0. The molecule has 0 aliphatic carbocycles. The molecule has 0 spiro atoms. The van der Waals surface area contributed by atoms with Crippen molar-refractivity contribution in [1.82, 2.24) is 10.4 Å². The van der Waals surface area contributed by atoms with E-state index in [-0.39, 0.29) is 22.7 Å². The molecular formula is C8H6N4O4. The SMILES string of the molecule is NNC(=O)c1nc2cc([N+](=O)[O-])ccc2o1. The number of nitrogen functional groups attached to an aromatic ring is 1. The third kappa shape index (κ3) is 1.57. The summed E-state index contributed by atoms with van der Waals surface area (Å²) in [6.45, 7) is 0. The van der Waals surface area contributed by atoms with Crippen LogP contribution >= 0.6 is 0 Å². The second-order valence-electron chi connectivity index (χ2n) is 2.90. The van der Waals surface area contributed by atoms with Crippen molar-refractivity contribution in [3.63, 3.8) is 0 Å². The normalized spacial score (nSPS) is 10.3. The third-order valence-electron chi connectivity index (χ3n) is 1.91. The maximum absolute atomic E-state index is 11.1. The van der Waals surface area contributed by atoms with E-state index in [1.165, 1.54) is 18.2 Å². The smallest absolute Gasteiger partial charge is 0.321 e. The second-order valence-corrected chi connectivity index (χ2v) is 2.90. The molecule has 2 aromatic rings. The average molecular weight is 222 g/mol. The first-order valence-corrected chi connectivity index (χ1v) is 4.18. The number of carbonyl (C=O) groups is 1. The Bertz CT molecular complexity index is 576. The molecule has 1 aromatic carbocycles. The monoisotopic (exact) mass is 222 g/mol. The van der Waals surface area contributed by atoms with Crippen LogP contribution in [0.5, 0.6) is 0 Å². The number of benzene rings is 1. The van der Waals surface area contributed by atoms with Gasteiger partial charge >= 0.3 is 5.91 Å². The Balaban J connectivity index is 2.54. The highest BCUT2D eigenvalue weighted by atomic mass is 16.6. The van der Waals surface area contributed by atoms with Crippen LogP contribution < -0.4 is 11.3 Å². The summed E-state index contributed by atoms with van der Waals surface area (Å²) in [5, 5.41) is 10.5. The van der Waals surface area contributed by atoms with Crippen LogP contribution in [0.4, 0.5) is 5.69 Å². The van der Waals surface area contributed by atoms with Crippen LogP contribution in [-0.2, 0) is 0 Å². The maximum atomic E-state index is 11.1. The van der Waals surface area contributed by atoms with E-state index in [2.05, 4.69) is 4.98 Å². The summed E-state index contributed by atoms with van der Waals surface area (Å²) in [5.41, 5.74) is 2.24. The van der Waals surface area contributed by atoms with Gasteiger partial charge in [-0.05, 0) is 6.07 Å². The Morgan fingerprint density at radius 1 is 1.56 bits per heavy atom. The van der Waals surface area contributed by atoms with Gasteiger partial charge in [-0.25, -0.2) is 10.8 Å². The van der Waals surface area contributed by atoms with E-state index in [0.29, 0.717) is 0 Å². The van der Waals surface area contributed by atoms with Gasteiger partial charge in [0.15, 0.2) is 5.58 Å². The number of oxazole rings is 1. The molecule has 0 saturated heterocycles. The minimum absolute atomic E-state index is 0.125. The lowest BCUT2D eigenvalue weighted by Gasteiger charge is -1.89. The lowest BCUT2D eigenvalue weighted by molar-refractivity contribution is -0.384. The third-order valence-corrected chi connectivity index (χ3v) is 1.91. The van der Waals surface area contributed by atoms with Gasteiger partial charge in [0, 0.05) is 12.1 Å². The summed E-state index contributed by atoms with van der Waals surface area (Å²) < 4.78 is 5.03. The highest BCUT2D eigenvalue weighted by molar-refractivity contribution is 5.92. The van der Waals surface area contributed by atoms with Crippen molar-refractivity contribution in [2.75, 3.05) is 0 Å². The van der Waals surface area contributed by atoms with Gasteiger partial charge in [0.25, 0.3) is 11.6 Å². The largest absolute Gasteiger partial charge is 0.432 e. The van der Waals surface area contributed by atoms with Crippen LogP contribution in [0.3, 0.4) is 0 Å². The quantitative estimate of drug-likeness (QED) is 0.326. The molecule has 8 heteroatoms. The fourth-order valence-corrected chi connectivity index (χ4v) is 1.19. The Labute approximate surface area is 88.2 Å². The first kappa shape index (κ1) is 10.1. The van der Waals surface area contributed by atoms with Crippen molar-refractivity contribution in [2.24, 2.45) is 5.84 Å². The first-order chi connectivity index (χ1) is 7.61. The molecule has 2 rings (SSSR count). The van der Waals surface area contributed by atoms with Crippen LogP contribution in [0.25, 0.3) is 11.1 Å². The Hall–Kier alpha value is -2.48. The molecule has 0 atom stereocenters. The number of hydrogen-bond donors (Lipinski definition) is 2. The Morgan fingerprint density at radius 2 is 2.31 bits per heavy atom. The van der Waals surface area contributed by atoms with Crippen LogP contribution in [0.1, 0.15) is 10.7 Å². The summed E-state index contributed by atoms with van der Waals surface area (Å²) in [7, 11) is 0. The number of non-ortho nitro benzene ring substituents is 1. The number of nitrogens with one attached hydrogen (secondary N) is 1. The summed E-state index contributed by atoms with van der Waals surface area (Å²) in [5.74, 6) is 3.96. The van der Waals surface area contributed by atoms with E-state index in [1.807, 2.05) is 5.43 Å². The molecule has 16 heavy (non-hydrogen) atoms. The molecule has 1 aromatic heterocycles. The molecule has 0 aliphatic rings. The van der Waals surface area contributed by atoms with Crippen LogP contribution in [0, 0.1) is 10.1 Å². The van der Waals surface area contributed by atoms with Gasteiger partial charge in [0.1, 0.15) is 5.52 Å². The highest BCUT2D eigenvalue weighted by Gasteiger charge is 2.15. The molecule has 0 saturated carbocycles. The first-order valence-electron chi connectivity index (χ1n) is 4.18. The predicted octanol–water partition coefficient (Wildman–Crippen LogP) is 0.339. The van der Waals surface area contributed by atoms with Gasteiger partial charge in [0.05, 0.1) is 4.92 Å². The molecule has 0 unspecified atom stereocenters. The number of nitro benzene ring substituents is 1. The van der Waals surface area contributed by atoms with Crippen LogP contribution in [0.2, 0.25) is 0 Å². The minimum Gasteiger partial charge on any atom is -0.432 e. The van der Waals surface area contributed by atoms with Gasteiger partial charge in [-0.2, -0.15) is 0 Å². The number of rotatable bonds is 2. The van der Waals surface area contributed by atoms with Gasteiger partial charge in [0.2, 0.25) is 0 Å². The fraction of sp³-hybridized carbons (Fsp3) is 0. The zero-order valence-corrected chi connectivity index (χ0v) is 7.84. The van der Waals surface area contributed by atoms with E-state index >= 15 is 0 Å². The number of hydrogen-bond acceptors (Lipinski definition) is 6. The van der Waals surface area contributed by atoms with Gasteiger partial charge < -0.3 is 4.42 Å². The predicted molar refractivity (Wildman–Crippen MR) is 52.3 cm³/mol. The summed E-state index contributed by atoms with van der Waals surface area (Å²) in [4.78, 5) is 24.8. The number of nitrogens with zero attached hydrogens (tertiary/aromatic N) is 2. The molecule has 82 valence electrons. The molecular weight excluding hydrogens is 216 g/mol. The Morgan fingerprint density at radius 3 is 2.94 bits per heavy atom. The van der Waals surface area contributed by atoms with E-state index in [1.54, 1.807) is 0 Å². The van der Waals surface area contributed by atoms with Crippen molar-refractivity contribution >= 4 is 22.7 Å². The molecule has 1 heterocycles. The van der Waals surface area contributed by atoms with Crippen molar-refractivity contribution in [2.45, 2.75) is 0 Å². The van der Waals surface area contributed by atoms with Crippen molar-refractivity contribution in [3.05, 3.63) is 34.2 Å². The van der Waals surface area contributed by atoms with Crippen molar-refractivity contribution in [1.29, 1.82) is 0 Å². The molecule has 0 radical (unpaired) electrons. The van der Waals surface area contributed by atoms with E-state index < -0.39 is 10.8 Å².